The topological polar surface area (TPSA) is 15.3 Å². The second-order valence-electron chi connectivity index (χ2n) is 4.21. The van der Waals surface area contributed by atoms with Crippen LogP contribution in [0.1, 0.15) is 24.8 Å². The van der Waals surface area contributed by atoms with Gasteiger partial charge >= 0.3 is 0 Å². The van der Waals surface area contributed by atoms with E-state index in [-0.39, 0.29) is 0 Å². The first kappa shape index (κ1) is 8.30. The van der Waals surface area contributed by atoms with Crippen LogP contribution in [0.15, 0.2) is 24.3 Å². The van der Waals surface area contributed by atoms with Gasteiger partial charge in [-0.15, -0.1) is 0 Å². The van der Waals surface area contributed by atoms with Crippen LogP contribution in [0.2, 0.25) is 0 Å². The molecule has 0 aromatic heterocycles. The summed E-state index contributed by atoms with van der Waals surface area (Å²) in [6, 6.07) is 8.77. The third-order valence-electron chi connectivity index (χ3n) is 3.33. The molecule has 0 spiro atoms. The fourth-order valence-corrected chi connectivity index (χ4v) is 2.60. The lowest BCUT2D eigenvalue weighted by Crippen LogP contribution is -2.51. The van der Waals surface area contributed by atoms with Gasteiger partial charge in [-0.1, -0.05) is 18.2 Å². The molecule has 14 heavy (non-hydrogen) atoms. The van der Waals surface area contributed by atoms with Crippen molar-refractivity contribution in [3.63, 3.8) is 0 Å². The Labute approximate surface area is 84.9 Å². The Bertz CT molecular complexity index is 335. The van der Waals surface area contributed by atoms with Gasteiger partial charge in [-0.05, 0) is 30.9 Å². The summed E-state index contributed by atoms with van der Waals surface area (Å²) in [6.07, 6.45) is 4.61. The molecular weight excluding hydrogens is 172 g/mol. The van der Waals surface area contributed by atoms with Gasteiger partial charge < -0.3 is 4.90 Å². The maximum Gasteiger partial charge on any atom is 0.0798 e. The van der Waals surface area contributed by atoms with Crippen molar-refractivity contribution in [3.05, 3.63) is 29.8 Å². The number of piperidine rings is 1. The van der Waals surface area contributed by atoms with Gasteiger partial charge in [0, 0.05) is 18.8 Å². The van der Waals surface area contributed by atoms with Crippen molar-refractivity contribution in [2.24, 2.45) is 0 Å². The van der Waals surface area contributed by atoms with E-state index in [1.165, 1.54) is 37.1 Å². The molecule has 2 heterocycles. The third-order valence-corrected chi connectivity index (χ3v) is 3.33. The van der Waals surface area contributed by atoms with Crippen LogP contribution in [0.5, 0.6) is 0 Å². The van der Waals surface area contributed by atoms with Crippen molar-refractivity contribution >= 4 is 5.69 Å². The summed E-state index contributed by atoms with van der Waals surface area (Å²) in [7, 11) is 0. The minimum Gasteiger partial charge on any atom is -0.356 e. The fourth-order valence-electron chi connectivity index (χ4n) is 2.60. The number of hydrogen-bond acceptors (Lipinski definition) is 2. The summed E-state index contributed by atoms with van der Waals surface area (Å²) in [5.74, 6) is 0. The maximum atomic E-state index is 3.60. The molecule has 1 fully saturated rings. The number of hydrogen-bond donors (Lipinski definition) is 1. The largest absolute Gasteiger partial charge is 0.356 e. The van der Waals surface area contributed by atoms with Crippen LogP contribution in [0.3, 0.4) is 0 Å². The first-order valence-corrected chi connectivity index (χ1v) is 5.53. The third kappa shape index (κ3) is 1.22. The van der Waals surface area contributed by atoms with Crippen LogP contribution in [-0.2, 0) is 6.54 Å². The first-order chi connectivity index (χ1) is 6.95. The maximum absolute atomic E-state index is 3.60. The summed E-state index contributed by atoms with van der Waals surface area (Å²) >= 11 is 0. The highest BCUT2D eigenvalue weighted by molar-refractivity contribution is 5.56. The standard InChI is InChI=1S/C12H16N2/c1-2-6-11-10(5-1)9-13-12-7-3-4-8-14(11)12/h1-2,5-6,12-13H,3-4,7-9H2. The van der Waals surface area contributed by atoms with E-state index in [4.69, 9.17) is 0 Å². The fraction of sp³-hybridized carbons (Fsp3) is 0.500. The zero-order valence-electron chi connectivity index (χ0n) is 8.37. The molecule has 0 amide bonds. The molecule has 1 saturated heterocycles. The molecule has 1 unspecified atom stereocenters. The van der Waals surface area contributed by atoms with E-state index in [2.05, 4.69) is 34.5 Å². The van der Waals surface area contributed by atoms with E-state index in [0.717, 1.165) is 6.54 Å². The highest BCUT2D eigenvalue weighted by Crippen LogP contribution is 2.30. The number of benzene rings is 1. The summed E-state index contributed by atoms with van der Waals surface area (Å²) < 4.78 is 0. The summed E-state index contributed by atoms with van der Waals surface area (Å²) in [6.45, 7) is 2.26. The van der Waals surface area contributed by atoms with Crippen LogP contribution in [0, 0.1) is 0 Å². The molecule has 0 aliphatic carbocycles. The number of fused-ring (bicyclic) bond motifs is 3. The lowest BCUT2D eigenvalue weighted by molar-refractivity contribution is 0.378. The molecule has 1 N–H and O–H groups in total. The zero-order chi connectivity index (χ0) is 9.38. The van der Waals surface area contributed by atoms with Crippen LogP contribution in [-0.4, -0.2) is 12.7 Å². The first-order valence-electron chi connectivity index (χ1n) is 5.53. The Morgan fingerprint density at radius 1 is 1.21 bits per heavy atom. The summed E-state index contributed by atoms with van der Waals surface area (Å²) in [4.78, 5) is 2.53. The van der Waals surface area contributed by atoms with Gasteiger partial charge in [-0.2, -0.15) is 0 Å². The zero-order valence-corrected chi connectivity index (χ0v) is 8.37. The predicted molar refractivity (Wildman–Crippen MR) is 58.3 cm³/mol. The molecule has 0 saturated carbocycles. The normalized spacial score (nSPS) is 25.4. The van der Waals surface area contributed by atoms with Gasteiger partial charge in [-0.25, -0.2) is 0 Å². The molecule has 3 rings (SSSR count). The monoisotopic (exact) mass is 188 g/mol. The SMILES string of the molecule is c1ccc2c(c1)CNC1CCCCN21. The second kappa shape index (κ2) is 3.28. The Morgan fingerprint density at radius 2 is 2.14 bits per heavy atom. The molecular formula is C12H16N2. The van der Waals surface area contributed by atoms with Gasteiger partial charge in [0.25, 0.3) is 0 Å². The van der Waals surface area contributed by atoms with Gasteiger partial charge in [0.15, 0.2) is 0 Å². The van der Waals surface area contributed by atoms with E-state index in [1.54, 1.807) is 0 Å². The average molecular weight is 188 g/mol. The van der Waals surface area contributed by atoms with Crippen LogP contribution in [0.4, 0.5) is 5.69 Å². The molecule has 1 atom stereocenters. The van der Waals surface area contributed by atoms with E-state index in [0.29, 0.717) is 6.17 Å². The smallest absolute Gasteiger partial charge is 0.0798 e. The highest BCUT2D eigenvalue weighted by Gasteiger charge is 2.27. The molecule has 2 aliphatic heterocycles. The average Bonchev–Trinajstić information content (AvgIpc) is 2.29. The molecule has 2 heteroatoms. The quantitative estimate of drug-likeness (QED) is 0.670. The van der Waals surface area contributed by atoms with Crippen LogP contribution in [0.25, 0.3) is 0 Å². The van der Waals surface area contributed by atoms with Crippen molar-refractivity contribution in [3.8, 4) is 0 Å². The Balaban J connectivity index is 1.99. The highest BCUT2D eigenvalue weighted by atomic mass is 15.3. The molecule has 2 aliphatic rings. The van der Waals surface area contributed by atoms with Crippen molar-refractivity contribution < 1.29 is 0 Å². The Hall–Kier alpha value is -1.02. The molecule has 2 nitrogen and oxygen atoms in total. The van der Waals surface area contributed by atoms with Crippen molar-refractivity contribution in [1.82, 2.24) is 5.32 Å². The van der Waals surface area contributed by atoms with E-state index < -0.39 is 0 Å². The molecule has 0 bridgehead atoms. The predicted octanol–water partition coefficient (Wildman–Crippen LogP) is 2.11. The molecule has 74 valence electrons. The molecule has 1 aromatic carbocycles. The van der Waals surface area contributed by atoms with Gasteiger partial charge in [0.05, 0.1) is 6.17 Å². The summed E-state index contributed by atoms with van der Waals surface area (Å²) in [5.41, 5.74) is 2.90. The number of rotatable bonds is 0. The number of para-hydroxylation sites is 1. The lowest BCUT2D eigenvalue weighted by Gasteiger charge is -2.42. The van der Waals surface area contributed by atoms with Crippen molar-refractivity contribution in [1.29, 1.82) is 0 Å². The van der Waals surface area contributed by atoms with E-state index in [9.17, 15) is 0 Å². The van der Waals surface area contributed by atoms with Crippen LogP contribution < -0.4 is 10.2 Å². The number of nitrogens with zero attached hydrogens (tertiary/aromatic N) is 1. The van der Waals surface area contributed by atoms with E-state index >= 15 is 0 Å². The number of nitrogens with one attached hydrogen (secondary N) is 1. The minimum atomic E-state index is 0.596. The van der Waals surface area contributed by atoms with Crippen molar-refractivity contribution in [2.75, 3.05) is 11.4 Å². The van der Waals surface area contributed by atoms with E-state index in [1.807, 2.05) is 0 Å². The second-order valence-corrected chi connectivity index (χ2v) is 4.21. The Kier molecular flexibility index (Phi) is 1.95. The van der Waals surface area contributed by atoms with Crippen LogP contribution >= 0.6 is 0 Å². The molecule has 1 aromatic rings. The van der Waals surface area contributed by atoms with Gasteiger partial charge in [0.2, 0.25) is 0 Å². The van der Waals surface area contributed by atoms with Crippen molar-refractivity contribution in [2.45, 2.75) is 32.0 Å². The molecule has 0 radical (unpaired) electrons. The number of anilines is 1. The van der Waals surface area contributed by atoms with Gasteiger partial charge in [0.1, 0.15) is 0 Å². The Morgan fingerprint density at radius 3 is 3.14 bits per heavy atom. The minimum absolute atomic E-state index is 0.596. The lowest BCUT2D eigenvalue weighted by atomic mass is 10.0. The summed E-state index contributed by atoms with van der Waals surface area (Å²) in [5, 5.41) is 3.60. The van der Waals surface area contributed by atoms with Gasteiger partial charge in [-0.3, -0.25) is 5.32 Å².